The fraction of sp³-hybridized carbons (Fsp3) is 0.269. The predicted octanol–water partition coefficient (Wildman–Crippen LogP) is 5.15. The van der Waals surface area contributed by atoms with Crippen LogP contribution in [0.3, 0.4) is 0 Å². The lowest BCUT2D eigenvalue weighted by Gasteiger charge is -2.26. The molecule has 0 saturated carbocycles. The minimum Gasteiger partial charge on any atom is -0.457 e. The Morgan fingerprint density at radius 2 is 1.43 bits per heavy atom. The molecule has 1 amide bonds. The molecule has 9 heteroatoms. The zero-order valence-corrected chi connectivity index (χ0v) is 20.9. The van der Waals surface area contributed by atoms with Crippen LogP contribution in [0.2, 0.25) is 0 Å². The Kier molecular flexibility index (Phi) is 8.03. The highest BCUT2D eigenvalue weighted by molar-refractivity contribution is 7.87. The molecule has 35 heavy (non-hydrogen) atoms. The van der Waals surface area contributed by atoms with Crippen molar-refractivity contribution in [3.05, 3.63) is 84.4 Å². The summed E-state index contributed by atoms with van der Waals surface area (Å²) in [5.74, 6) is 1.22. The Bertz CT molecular complexity index is 1220. The van der Waals surface area contributed by atoms with E-state index in [1.54, 1.807) is 45.0 Å². The van der Waals surface area contributed by atoms with Crippen molar-refractivity contribution in [3.63, 3.8) is 0 Å². The quantitative estimate of drug-likeness (QED) is 0.428. The fourth-order valence-corrected chi connectivity index (χ4v) is 3.93. The number of para-hydroxylation sites is 1. The number of ether oxygens (including phenoxy) is 2. The van der Waals surface area contributed by atoms with Gasteiger partial charge in [0, 0.05) is 7.05 Å². The first-order valence-electron chi connectivity index (χ1n) is 10.9. The maximum atomic E-state index is 12.7. The van der Waals surface area contributed by atoms with E-state index in [0.717, 1.165) is 0 Å². The fourth-order valence-electron chi connectivity index (χ4n) is 3.00. The van der Waals surface area contributed by atoms with Gasteiger partial charge in [-0.2, -0.15) is 8.42 Å². The lowest BCUT2D eigenvalue weighted by atomic mass is 10.1. The standard InChI is InChI=1S/C26H29NO7S/c1-26(2,3)33-25(29)27(4)18-24(28)19-10-12-22(13-11-19)34-35(30,31)23-16-14-21(15-17-23)32-20-8-6-5-7-9-20/h5-17,24,28H,18H2,1-4H3. The van der Waals surface area contributed by atoms with Crippen LogP contribution >= 0.6 is 0 Å². The molecule has 1 N–H and O–H groups in total. The molecule has 0 radical (unpaired) electrons. The molecule has 3 rings (SSSR count). The van der Waals surface area contributed by atoms with E-state index in [-0.39, 0.29) is 17.2 Å². The van der Waals surface area contributed by atoms with Gasteiger partial charge < -0.3 is 23.7 Å². The largest absolute Gasteiger partial charge is 0.457 e. The highest BCUT2D eigenvalue weighted by atomic mass is 32.2. The molecule has 0 aliphatic rings. The van der Waals surface area contributed by atoms with Crippen LogP contribution in [0.5, 0.6) is 17.2 Å². The Balaban J connectivity index is 1.60. The number of rotatable bonds is 8. The Hall–Kier alpha value is -3.56. The van der Waals surface area contributed by atoms with Gasteiger partial charge in [0.2, 0.25) is 0 Å². The van der Waals surface area contributed by atoms with Gasteiger partial charge in [-0.3, -0.25) is 0 Å². The summed E-state index contributed by atoms with van der Waals surface area (Å²) < 4.78 is 41.5. The van der Waals surface area contributed by atoms with Crippen LogP contribution in [0.4, 0.5) is 4.79 Å². The minimum absolute atomic E-state index is 0.00478. The Morgan fingerprint density at radius 1 is 0.886 bits per heavy atom. The molecular weight excluding hydrogens is 470 g/mol. The summed E-state index contributed by atoms with van der Waals surface area (Å²) in [7, 11) is -2.55. The SMILES string of the molecule is CN(CC(O)c1ccc(OS(=O)(=O)c2ccc(Oc3ccccc3)cc2)cc1)C(=O)OC(C)(C)C. The van der Waals surface area contributed by atoms with Gasteiger partial charge in [0.15, 0.2) is 0 Å². The molecule has 0 aromatic heterocycles. The number of amides is 1. The molecule has 0 spiro atoms. The average Bonchev–Trinajstić information content (AvgIpc) is 2.79. The van der Waals surface area contributed by atoms with E-state index in [9.17, 15) is 18.3 Å². The van der Waals surface area contributed by atoms with Gasteiger partial charge in [-0.1, -0.05) is 30.3 Å². The van der Waals surface area contributed by atoms with Gasteiger partial charge in [0.25, 0.3) is 0 Å². The van der Waals surface area contributed by atoms with Crippen LogP contribution in [0.25, 0.3) is 0 Å². The summed E-state index contributed by atoms with van der Waals surface area (Å²) in [5, 5.41) is 10.5. The third kappa shape index (κ3) is 7.73. The van der Waals surface area contributed by atoms with E-state index in [0.29, 0.717) is 17.1 Å². The maximum Gasteiger partial charge on any atom is 0.410 e. The van der Waals surface area contributed by atoms with Crippen molar-refractivity contribution < 1.29 is 32.0 Å². The smallest absolute Gasteiger partial charge is 0.410 e. The van der Waals surface area contributed by atoms with Gasteiger partial charge in [-0.25, -0.2) is 4.79 Å². The zero-order chi connectivity index (χ0) is 25.6. The number of hydrogen-bond donors (Lipinski definition) is 1. The predicted molar refractivity (Wildman–Crippen MR) is 131 cm³/mol. The summed E-state index contributed by atoms with van der Waals surface area (Å²) in [6.45, 7) is 5.28. The lowest BCUT2D eigenvalue weighted by Crippen LogP contribution is -2.36. The molecule has 0 saturated heterocycles. The number of aliphatic hydroxyl groups is 1. The van der Waals surface area contributed by atoms with E-state index in [2.05, 4.69) is 0 Å². The average molecular weight is 500 g/mol. The summed E-state index contributed by atoms with van der Waals surface area (Å²) in [6.07, 6.45) is -1.54. The number of nitrogens with zero attached hydrogens (tertiary/aromatic N) is 1. The van der Waals surface area contributed by atoms with Crippen molar-refractivity contribution in [1.29, 1.82) is 0 Å². The van der Waals surface area contributed by atoms with Crippen molar-refractivity contribution in [2.75, 3.05) is 13.6 Å². The third-order valence-electron chi connectivity index (χ3n) is 4.71. The van der Waals surface area contributed by atoms with Gasteiger partial charge >= 0.3 is 16.2 Å². The topological polar surface area (TPSA) is 102 Å². The normalized spacial score (nSPS) is 12.5. The number of carbonyl (C=O) groups excluding carboxylic acids is 1. The Labute approximate surface area is 205 Å². The molecule has 0 aliphatic heterocycles. The van der Waals surface area contributed by atoms with Crippen molar-refractivity contribution in [3.8, 4) is 17.2 Å². The van der Waals surface area contributed by atoms with E-state index in [1.165, 1.54) is 48.3 Å². The number of carbonyl (C=O) groups is 1. The first kappa shape index (κ1) is 26.1. The molecule has 0 heterocycles. The summed E-state index contributed by atoms with van der Waals surface area (Å²) in [6, 6.07) is 21.0. The lowest BCUT2D eigenvalue weighted by molar-refractivity contribution is 0.0205. The molecule has 3 aromatic carbocycles. The minimum atomic E-state index is -4.07. The van der Waals surface area contributed by atoms with E-state index >= 15 is 0 Å². The molecule has 1 unspecified atom stereocenters. The van der Waals surface area contributed by atoms with E-state index < -0.39 is 27.9 Å². The molecule has 0 fully saturated rings. The molecule has 3 aromatic rings. The number of hydrogen-bond acceptors (Lipinski definition) is 7. The number of aliphatic hydroxyl groups excluding tert-OH is 1. The van der Waals surface area contributed by atoms with Crippen molar-refractivity contribution in [2.45, 2.75) is 37.4 Å². The summed E-state index contributed by atoms with van der Waals surface area (Å²) >= 11 is 0. The summed E-state index contributed by atoms with van der Waals surface area (Å²) in [4.78, 5) is 13.3. The second-order valence-electron chi connectivity index (χ2n) is 8.87. The zero-order valence-electron chi connectivity index (χ0n) is 20.0. The van der Waals surface area contributed by atoms with Gasteiger partial charge in [0.05, 0.1) is 12.6 Å². The monoisotopic (exact) mass is 499 g/mol. The first-order chi connectivity index (χ1) is 16.4. The number of benzene rings is 3. The third-order valence-corrected chi connectivity index (χ3v) is 5.98. The second-order valence-corrected chi connectivity index (χ2v) is 10.4. The van der Waals surface area contributed by atoms with Crippen LogP contribution in [0, 0.1) is 0 Å². The molecule has 8 nitrogen and oxygen atoms in total. The van der Waals surface area contributed by atoms with Crippen LogP contribution in [-0.2, 0) is 14.9 Å². The molecule has 186 valence electrons. The van der Waals surface area contributed by atoms with Gasteiger partial charge in [0.1, 0.15) is 27.7 Å². The van der Waals surface area contributed by atoms with Gasteiger partial charge in [-0.15, -0.1) is 0 Å². The highest BCUT2D eigenvalue weighted by Gasteiger charge is 2.22. The summed E-state index contributed by atoms with van der Waals surface area (Å²) in [5.41, 5.74) is -0.150. The van der Waals surface area contributed by atoms with Crippen molar-refractivity contribution in [2.24, 2.45) is 0 Å². The van der Waals surface area contributed by atoms with E-state index in [1.807, 2.05) is 18.2 Å². The van der Waals surface area contributed by atoms with Crippen LogP contribution in [-0.4, -0.2) is 43.7 Å². The van der Waals surface area contributed by atoms with Crippen LogP contribution < -0.4 is 8.92 Å². The maximum absolute atomic E-state index is 12.7. The first-order valence-corrected chi connectivity index (χ1v) is 12.3. The number of likely N-dealkylation sites (N-methyl/N-ethyl adjacent to an activating group) is 1. The molecule has 0 bridgehead atoms. The molecular formula is C26H29NO7S. The molecule has 0 aliphatic carbocycles. The second kappa shape index (κ2) is 10.8. The molecule has 1 atom stereocenters. The van der Waals surface area contributed by atoms with Crippen LogP contribution in [0.1, 0.15) is 32.4 Å². The van der Waals surface area contributed by atoms with Crippen molar-refractivity contribution in [1.82, 2.24) is 4.90 Å². The van der Waals surface area contributed by atoms with E-state index in [4.69, 9.17) is 13.7 Å². The Morgan fingerprint density at radius 3 is 2.00 bits per heavy atom. The van der Waals surface area contributed by atoms with Gasteiger partial charge in [-0.05, 0) is 74.9 Å². The highest BCUT2D eigenvalue weighted by Crippen LogP contribution is 2.25. The van der Waals surface area contributed by atoms with Crippen LogP contribution in [0.15, 0.2) is 83.8 Å². The van der Waals surface area contributed by atoms with Crippen molar-refractivity contribution >= 4 is 16.2 Å².